The number of carbonyl (C=O) groups excluding carboxylic acids is 2. The van der Waals surface area contributed by atoms with Crippen molar-refractivity contribution in [3.8, 4) is 17.2 Å². The fourth-order valence-electron chi connectivity index (χ4n) is 5.91. The normalized spacial score (nSPS) is 28.9. The van der Waals surface area contributed by atoms with Crippen LogP contribution < -0.4 is 21.6 Å². The van der Waals surface area contributed by atoms with Gasteiger partial charge in [-0.15, -0.1) is 0 Å². The number of methoxy groups -OCH3 is 1. The van der Waals surface area contributed by atoms with Gasteiger partial charge in [0.05, 0.1) is 47.8 Å². The van der Waals surface area contributed by atoms with Gasteiger partial charge >= 0.3 is 0 Å². The second-order valence-electron chi connectivity index (χ2n) is 10.8. The van der Waals surface area contributed by atoms with Gasteiger partial charge in [0.25, 0.3) is 0 Å². The van der Waals surface area contributed by atoms with E-state index in [9.17, 15) is 30.0 Å². The number of hydrogen-bond donors (Lipinski definition) is 7. The van der Waals surface area contributed by atoms with Crippen LogP contribution in [0, 0.1) is 0 Å². The number of aromatic hydroxyl groups is 2. The molecule has 1 heterocycles. The maximum absolute atomic E-state index is 13.8. The third kappa shape index (κ3) is 4.79. The zero-order valence-electron chi connectivity index (χ0n) is 23.1. The predicted molar refractivity (Wildman–Crippen MR) is 153 cm³/mol. The number of benzene rings is 2. The zero-order chi connectivity index (χ0) is 30.7. The minimum atomic E-state index is -1.79. The molecule has 1 fully saturated rings. The zero-order valence-corrected chi connectivity index (χ0v) is 23.9. The second kappa shape index (κ2) is 10.9. The molecule has 224 valence electrons. The number of nitrogens with zero attached hydrogens (tertiary/aromatic N) is 1. The molecule has 0 spiro atoms. The van der Waals surface area contributed by atoms with Crippen molar-refractivity contribution < 1.29 is 44.2 Å². The van der Waals surface area contributed by atoms with Crippen molar-refractivity contribution in [3.63, 3.8) is 0 Å². The van der Waals surface area contributed by atoms with E-state index in [0.29, 0.717) is 0 Å². The van der Waals surface area contributed by atoms with E-state index in [-0.39, 0.29) is 58.1 Å². The lowest BCUT2D eigenvalue weighted by atomic mass is 9.72. The Morgan fingerprint density at radius 1 is 1.19 bits per heavy atom. The molecule has 2 aromatic carbocycles. The molecular formula is C28H32N4O9S. The van der Waals surface area contributed by atoms with E-state index in [4.69, 9.17) is 37.9 Å². The first-order valence-electron chi connectivity index (χ1n) is 13.2. The lowest BCUT2D eigenvalue weighted by Crippen LogP contribution is -2.52. The van der Waals surface area contributed by atoms with E-state index < -0.39 is 70.4 Å². The van der Waals surface area contributed by atoms with Gasteiger partial charge in [0.1, 0.15) is 22.8 Å². The fourth-order valence-corrected chi connectivity index (χ4v) is 5.95. The highest BCUT2D eigenvalue weighted by Crippen LogP contribution is 2.52. The number of aliphatic hydroxyl groups excluding tert-OH is 1. The molecule has 1 aliphatic heterocycles. The molecule has 4 unspecified atom stereocenters. The topological polar surface area (TPSA) is 219 Å². The van der Waals surface area contributed by atoms with E-state index in [2.05, 4.69) is 10.5 Å². The molecule has 14 heteroatoms. The second-order valence-corrected chi connectivity index (χ2v) is 11.2. The van der Waals surface area contributed by atoms with Gasteiger partial charge < -0.3 is 46.1 Å². The third-order valence-electron chi connectivity index (χ3n) is 8.15. The molecule has 2 aliphatic carbocycles. The molecule has 0 amide bonds. The van der Waals surface area contributed by atoms with Crippen molar-refractivity contribution in [3.05, 3.63) is 51.6 Å². The fraction of sp³-hybridized carbons (Fsp3) is 0.429. The van der Waals surface area contributed by atoms with Crippen LogP contribution in [0.25, 0.3) is 0 Å². The van der Waals surface area contributed by atoms with Crippen LogP contribution in [0.3, 0.4) is 0 Å². The molecule has 2 aromatic rings. The Morgan fingerprint density at radius 3 is 2.52 bits per heavy atom. The molecule has 0 saturated carbocycles. The van der Waals surface area contributed by atoms with Crippen LogP contribution in [0.1, 0.15) is 75.8 Å². The van der Waals surface area contributed by atoms with Crippen LogP contribution in [0.5, 0.6) is 17.2 Å². The number of aliphatic hydroxyl groups is 2. The van der Waals surface area contributed by atoms with Gasteiger partial charge in [-0.1, -0.05) is 12.1 Å². The Hall–Kier alpha value is -3.66. The summed E-state index contributed by atoms with van der Waals surface area (Å²) in [5.74, 6) is -2.46. The van der Waals surface area contributed by atoms with E-state index >= 15 is 0 Å². The summed E-state index contributed by atoms with van der Waals surface area (Å²) in [5, 5.41) is 49.2. The molecule has 5 rings (SSSR count). The number of hydrogen-bond acceptors (Lipinski definition) is 12. The first-order chi connectivity index (χ1) is 19.8. The van der Waals surface area contributed by atoms with E-state index in [1.54, 1.807) is 6.92 Å². The summed E-state index contributed by atoms with van der Waals surface area (Å²) >= 11 is 4.81. The van der Waals surface area contributed by atoms with Crippen LogP contribution in [0.2, 0.25) is 0 Å². The summed E-state index contributed by atoms with van der Waals surface area (Å²) < 4.78 is 17.3. The summed E-state index contributed by atoms with van der Waals surface area (Å²) in [4.78, 5) is 27.4. The first kappa shape index (κ1) is 29.8. The maximum Gasteiger partial charge on any atom is 0.202 e. The van der Waals surface area contributed by atoms with E-state index in [0.717, 1.165) is 0 Å². The molecule has 9 N–H and O–H groups in total. The number of carbonyl (C=O) groups is 2. The number of rotatable bonds is 5. The first-order valence-corrected chi connectivity index (χ1v) is 13.6. The number of thiocarbonyl (C=S) groups is 1. The van der Waals surface area contributed by atoms with E-state index in [1.807, 2.05) is 0 Å². The van der Waals surface area contributed by atoms with Crippen molar-refractivity contribution >= 4 is 34.6 Å². The molecule has 42 heavy (non-hydrogen) atoms. The quantitative estimate of drug-likeness (QED) is 0.0927. The minimum absolute atomic E-state index is 0.00137. The number of phenolic OH excluding ortho intramolecular Hbond substituents is 2. The van der Waals surface area contributed by atoms with Crippen molar-refractivity contribution in [2.24, 2.45) is 16.6 Å². The van der Waals surface area contributed by atoms with Crippen LogP contribution in [0.4, 0.5) is 0 Å². The third-order valence-corrected chi connectivity index (χ3v) is 8.24. The Balaban J connectivity index is 1.68. The largest absolute Gasteiger partial charge is 0.507 e. The van der Waals surface area contributed by atoms with Gasteiger partial charge in [-0.25, -0.2) is 0 Å². The highest BCUT2D eigenvalue weighted by Gasteiger charge is 2.49. The average Bonchev–Trinajstić information content (AvgIpc) is 2.94. The van der Waals surface area contributed by atoms with Gasteiger partial charge in [-0.3, -0.25) is 15.0 Å². The van der Waals surface area contributed by atoms with Gasteiger partial charge in [0, 0.05) is 42.0 Å². The SMILES string of the molecule is COc1cccc2c1C(=O)c1c(O)c3c(c(O)c1C2=O)C[C@@](O)(C(C)=NNC(N)=S)C[C@@H]3OC1CC(N)C(O)C(C)O1. The molecule has 0 aromatic heterocycles. The van der Waals surface area contributed by atoms with Crippen LogP contribution in [-0.4, -0.2) is 80.1 Å². The number of ketones is 2. The van der Waals surface area contributed by atoms with E-state index in [1.165, 1.54) is 32.2 Å². The van der Waals surface area contributed by atoms with Crippen LogP contribution in [0.15, 0.2) is 23.3 Å². The smallest absolute Gasteiger partial charge is 0.202 e. The van der Waals surface area contributed by atoms with Crippen molar-refractivity contribution in [1.29, 1.82) is 0 Å². The van der Waals surface area contributed by atoms with Crippen molar-refractivity contribution in [2.75, 3.05) is 7.11 Å². The Labute approximate surface area is 246 Å². The highest BCUT2D eigenvalue weighted by molar-refractivity contribution is 7.80. The average molecular weight is 601 g/mol. The minimum Gasteiger partial charge on any atom is -0.507 e. The number of nitrogens with two attached hydrogens (primary N) is 2. The Morgan fingerprint density at radius 2 is 1.88 bits per heavy atom. The molecule has 0 bridgehead atoms. The summed E-state index contributed by atoms with van der Waals surface area (Å²) in [6.07, 6.45) is -4.25. The maximum atomic E-state index is 13.8. The summed E-state index contributed by atoms with van der Waals surface area (Å²) in [6.45, 7) is 3.13. The number of hydrazone groups is 1. The van der Waals surface area contributed by atoms with Gasteiger partial charge in [0.15, 0.2) is 17.2 Å². The molecule has 13 nitrogen and oxygen atoms in total. The molecule has 3 aliphatic rings. The standard InChI is InChI=1S/C28H32N4O9S/c1-10-22(33)14(29)7-17(40-10)41-16-9-28(38,11(2)31-32-27(30)42)8-13-19(16)26(37)21-20(24(13)35)23(34)12-5-4-6-15(39-3)18(12)25(21)36/h4-6,10,14,16-17,22,33,35,37-38H,7-9,29H2,1-3H3,(H3,30,32,42)/t10?,14?,16-,17?,22?,28-/m0/s1. The Kier molecular flexibility index (Phi) is 7.72. The predicted octanol–water partition coefficient (Wildman–Crippen LogP) is 0.649. The molecule has 0 radical (unpaired) electrons. The molecule has 6 atom stereocenters. The number of nitrogens with one attached hydrogen (secondary N) is 1. The van der Waals surface area contributed by atoms with Gasteiger partial charge in [-0.2, -0.15) is 5.10 Å². The summed E-state index contributed by atoms with van der Waals surface area (Å²) in [5.41, 5.74) is 11.5. The van der Waals surface area contributed by atoms with Crippen molar-refractivity contribution in [2.45, 2.75) is 69.4 Å². The Bertz CT molecular complexity index is 1520. The van der Waals surface area contributed by atoms with Gasteiger partial charge in [0.2, 0.25) is 5.78 Å². The highest BCUT2D eigenvalue weighted by atomic mass is 32.1. The monoisotopic (exact) mass is 600 g/mol. The lowest BCUT2D eigenvalue weighted by molar-refractivity contribution is -0.245. The van der Waals surface area contributed by atoms with Crippen molar-refractivity contribution in [1.82, 2.24) is 5.43 Å². The number of phenols is 2. The molecular weight excluding hydrogens is 568 g/mol. The summed E-state index contributed by atoms with van der Waals surface area (Å²) in [7, 11) is 1.35. The summed E-state index contributed by atoms with van der Waals surface area (Å²) in [6, 6.07) is 3.79. The lowest BCUT2D eigenvalue weighted by Gasteiger charge is -2.42. The van der Waals surface area contributed by atoms with Gasteiger partial charge in [-0.05, 0) is 32.1 Å². The van der Waals surface area contributed by atoms with Crippen LogP contribution >= 0.6 is 12.2 Å². The molecule has 1 saturated heterocycles. The number of ether oxygens (including phenoxy) is 3. The number of fused-ring (bicyclic) bond motifs is 3. The van der Waals surface area contributed by atoms with Crippen LogP contribution in [-0.2, 0) is 15.9 Å².